The van der Waals surface area contributed by atoms with Gasteiger partial charge in [-0.05, 0) is 31.4 Å². The lowest BCUT2D eigenvalue weighted by atomic mass is 10.0. The van der Waals surface area contributed by atoms with Crippen molar-refractivity contribution in [2.45, 2.75) is 50.3 Å². The first-order chi connectivity index (χ1) is 8.25. The predicted molar refractivity (Wildman–Crippen MR) is 75.2 cm³/mol. The first kappa shape index (κ1) is 12.9. The van der Waals surface area contributed by atoms with E-state index >= 15 is 0 Å². The average molecular weight is 250 g/mol. The van der Waals surface area contributed by atoms with E-state index in [4.69, 9.17) is 5.73 Å². The highest BCUT2D eigenvalue weighted by atomic mass is 32.2. The second-order valence-electron chi connectivity index (χ2n) is 4.93. The number of aryl methyl sites for hydroxylation is 1. The Kier molecular flexibility index (Phi) is 4.86. The van der Waals surface area contributed by atoms with Gasteiger partial charge in [-0.1, -0.05) is 25.3 Å². The molecule has 0 aromatic carbocycles. The van der Waals surface area contributed by atoms with Gasteiger partial charge >= 0.3 is 0 Å². The van der Waals surface area contributed by atoms with Crippen LogP contribution in [-0.2, 0) is 0 Å². The van der Waals surface area contributed by atoms with E-state index in [0.29, 0.717) is 0 Å². The second-order valence-corrected chi connectivity index (χ2v) is 6.27. The molecule has 2 N–H and O–H groups in total. The summed E-state index contributed by atoms with van der Waals surface area (Å²) >= 11 is 2.05. The van der Waals surface area contributed by atoms with Crippen molar-refractivity contribution in [1.82, 2.24) is 4.98 Å². The minimum absolute atomic E-state index is 0.134. The Hall–Kier alpha value is -0.540. The molecule has 0 spiro atoms. The Morgan fingerprint density at radius 1 is 1.35 bits per heavy atom. The van der Waals surface area contributed by atoms with Crippen LogP contribution in [0.4, 0.5) is 0 Å². The van der Waals surface area contributed by atoms with Crippen LogP contribution in [0.2, 0.25) is 0 Å². The van der Waals surface area contributed by atoms with Crippen LogP contribution in [0.1, 0.15) is 49.4 Å². The molecule has 1 aromatic heterocycles. The summed E-state index contributed by atoms with van der Waals surface area (Å²) in [5.41, 5.74) is 8.42. The molecule has 17 heavy (non-hydrogen) atoms. The van der Waals surface area contributed by atoms with Gasteiger partial charge in [0.1, 0.15) is 0 Å². The van der Waals surface area contributed by atoms with E-state index in [1.807, 2.05) is 19.2 Å². The Morgan fingerprint density at radius 2 is 2.12 bits per heavy atom. The van der Waals surface area contributed by atoms with Crippen molar-refractivity contribution in [2.24, 2.45) is 5.73 Å². The van der Waals surface area contributed by atoms with Crippen LogP contribution in [0.3, 0.4) is 0 Å². The minimum Gasteiger partial charge on any atom is -0.323 e. The van der Waals surface area contributed by atoms with Gasteiger partial charge in [-0.25, -0.2) is 0 Å². The summed E-state index contributed by atoms with van der Waals surface area (Å²) in [6, 6.07) is 4.28. The highest BCUT2D eigenvalue weighted by Gasteiger charge is 2.15. The molecule has 1 fully saturated rings. The summed E-state index contributed by atoms with van der Waals surface area (Å²) in [5.74, 6) is 1.02. The highest BCUT2D eigenvalue weighted by molar-refractivity contribution is 7.99. The quantitative estimate of drug-likeness (QED) is 0.889. The molecule has 0 radical (unpaired) electrons. The number of pyridine rings is 1. The molecule has 94 valence electrons. The van der Waals surface area contributed by atoms with Crippen LogP contribution in [-0.4, -0.2) is 16.0 Å². The van der Waals surface area contributed by atoms with Crippen molar-refractivity contribution in [3.8, 4) is 0 Å². The van der Waals surface area contributed by atoms with Gasteiger partial charge in [0.15, 0.2) is 0 Å². The van der Waals surface area contributed by atoms with Gasteiger partial charge in [0.25, 0.3) is 0 Å². The van der Waals surface area contributed by atoms with Crippen LogP contribution >= 0.6 is 11.8 Å². The third kappa shape index (κ3) is 4.00. The van der Waals surface area contributed by atoms with Gasteiger partial charge in [-0.3, -0.25) is 4.98 Å². The molecule has 0 amide bonds. The summed E-state index contributed by atoms with van der Waals surface area (Å²) in [7, 11) is 0. The van der Waals surface area contributed by atoms with Gasteiger partial charge in [0.05, 0.1) is 0 Å². The molecule has 0 saturated heterocycles. The topological polar surface area (TPSA) is 38.9 Å². The Balaban J connectivity index is 1.80. The lowest BCUT2D eigenvalue weighted by molar-refractivity contribution is 0.515. The zero-order valence-corrected chi connectivity index (χ0v) is 11.4. The van der Waals surface area contributed by atoms with E-state index in [1.165, 1.54) is 37.7 Å². The van der Waals surface area contributed by atoms with E-state index in [9.17, 15) is 0 Å². The van der Waals surface area contributed by atoms with Crippen LogP contribution in [0.15, 0.2) is 18.3 Å². The first-order valence-corrected chi connectivity index (χ1v) is 7.60. The molecular weight excluding hydrogens is 228 g/mol. The number of nitrogens with two attached hydrogens (primary N) is 1. The molecule has 1 atom stereocenters. The average Bonchev–Trinajstić information content (AvgIpc) is 2.38. The Bertz CT molecular complexity index is 331. The lowest BCUT2D eigenvalue weighted by Gasteiger charge is -2.22. The maximum absolute atomic E-state index is 6.20. The fourth-order valence-electron chi connectivity index (χ4n) is 2.27. The number of nitrogens with zero attached hydrogens (tertiary/aromatic N) is 1. The summed E-state index contributed by atoms with van der Waals surface area (Å²) in [6.07, 6.45) is 8.90. The number of hydrogen-bond acceptors (Lipinski definition) is 3. The van der Waals surface area contributed by atoms with E-state index < -0.39 is 0 Å². The largest absolute Gasteiger partial charge is 0.323 e. The summed E-state index contributed by atoms with van der Waals surface area (Å²) in [6.45, 7) is 2.01. The van der Waals surface area contributed by atoms with Gasteiger partial charge in [-0.15, -0.1) is 0 Å². The fraction of sp³-hybridized carbons (Fsp3) is 0.643. The monoisotopic (exact) mass is 250 g/mol. The highest BCUT2D eigenvalue weighted by Crippen LogP contribution is 2.30. The zero-order valence-electron chi connectivity index (χ0n) is 10.6. The van der Waals surface area contributed by atoms with Crippen LogP contribution in [0.5, 0.6) is 0 Å². The maximum Gasteiger partial charge on any atom is 0.0402 e. The van der Waals surface area contributed by atoms with Crippen molar-refractivity contribution >= 4 is 11.8 Å². The standard InChI is InChI=1S/C14H22N2S/c1-11-7-8-12(9-16-11)14(15)10-17-13-5-3-2-4-6-13/h7-9,13-14H,2-6,10,15H2,1H3. The summed E-state index contributed by atoms with van der Waals surface area (Å²) < 4.78 is 0. The van der Waals surface area contributed by atoms with Gasteiger partial charge < -0.3 is 5.73 Å². The van der Waals surface area contributed by atoms with Crippen LogP contribution in [0, 0.1) is 6.92 Å². The van der Waals surface area contributed by atoms with Crippen molar-refractivity contribution in [2.75, 3.05) is 5.75 Å². The molecule has 0 bridgehead atoms. The van der Waals surface area contributed by atoms with Gasteiger partial charge in [0.2, 0.25) is 0 Å². The molecule has 2 nitrogen and oxygen atoms in total. The molecule has 1 aromatic rings. The van der Waals surface area contributed by atoms with E-state index in [1.54, 1.807) is 0 Å². The molecule has 0 aliphatic heterocycles. The summed E-state index contributed by atoms with van der Waals surface area (Å²) in [4.78, 5) is 4.31. The minimum atomic E-state index is 0.134. The van der Waals surface area contributed by atoms with Crippen molar-refractivity contribution in [3.05, 3.63) is 29.6 Å². The first-order valence-electron chi connectivity index (χ1n) is 6.55. The number of thioether (sulfide) groups is 1. The van der Waals surface area contributed by atoms with Crippen LogP contribution < -0.4 is 5.73 Å². The zero-order chi connectivity index (χ0) is 12.1. The Morgan fingerprint density at radius 3 is 2.76 bits per heavy atom. The number of rotatable bonds is 4. The van der Waals surface area contributed by atoms with Gasteiger partial charge in [0, 0.05) is 28.9 Å². The molecule has 1 heterocycles. The van der Waals surface area contributed by atoms with Crippen molar-refractivity contribution in [3.63, 3.8) is 0 Å². The van der Waals surface area contributed by atoms with E-state index in [0.717, 1.165) is 16.7 Å². The molecule has 2 rings (SSSR count). The van der Waals surface area contributed by atoms with Crippen LogP contribution in [0.25, 0.3) is 0 Å². The van der Waals surface area contributed by atoms with E-state index in [2.05, 4.69) is 22.8 Å². The lowest BCUT2D eigenvalue weighted by Crippen LogP contribution is -2.17. The number of hydrogen-bond donors (Lipinski definition) is 1. The van der Waals surface area contributed by atoms with E-state index in [-0.39, 0.29) is 6.04 Å². The number of aromatic nitrogens is 1. The van der Waals surface area contributed by atoms with Gasteiger partial charge in [-0.2, -0.15) is 11.8 Å². The fourth-order valence-corrected chi connectivity index (χ4v) is 3.60. The third-order valence-electron chi connectivity index (χ3n) is 3.43. The molecule has 3 heteroatoms. The molecular formula is C14H22N2S. The Labute approximate surface area is 108 Å². The maximum atomic E-state index is 6.20. The normalized spacial score (nSPS) is 19.2. The molecule has 1 aliphatic rings. The SMILES string of the molecule is Cc1ccc(C(N)CSC2CCCCC2)cn1. The predicted octanol–water partition coefficient (Wildman–Crippen LogP) is 3.46. The van der Waals surface area contributed by atoms with Crippen molar-refractivity contribution < 1.29 is 0 Å². The molecule has 1 unspecified atom stereocenters. The summed E-state index contributed by atoms with van der Waals surface area (Å²) in [5, 5.41) is 0.841. The molecule has 1 saturated carbocycles. The van der Waals surface area contributed by atoms with Crippen molar-refractivity contribution in [1.29, 1.82) is 0 Å². The smallest absolute Gasteiger partial charge is 0.0402 e. The third-order valence-corrected chi connectivity index (χ3v) is 4.92. The molecule has 1 aliphatic carbocycles. The second kappa shape index (κ2) is 6.41.